The Kier molecular flexibility index (Phi) is 4.06. The van der Waals surface area contributed by atoms with E-state index in [0.717, 1.165) is 10.9 Å². The largest absolute Gasteiger partial charge is 0.418 e. The Balaban J connectivity index is 2.24. The van der Waals surface area contributed by atoms with E-state index in [4.69, 9.17) is 11.6 Å². The van der Waals surface area contributed by atoms with E-state index in [1.165, 1.54) is 23.5 Å². The van der Waals surface area contributed by atoms with Gasteiger partial charge in [-0.1, -0.05) is 23.7 Å². The van der Waals surface area contributed by atoms with Gasteiger partial charge < -0.3 is 5.32 Å². The normalized spacial score (nSPS) is 13.3. The molecule has 0 aliphatic carbocycles. The molecule has 102 valence electrons. The molecule has 2 aromatic rings. The summed E-state index contributed by atoms with van der Waals surface area (Å²) in [7, 11) is 0. The van der Waals surface area contributed by atoms with Crippen LogP contribution in [-0.4, -0.2) is 0 Å². The van der Waals surface area contributed by atoms with Crippen molar-refractivity contribution in [2.75, 3.05) is 5.32 Å². The molecule has 0 spiro atoms. The molecule has 1 N–H and O–H groups in total. The molecule has 0 saturated heterocycles. The van der Waals surface area contributed by atoms with Gasteiger partial charge in [-0.15, -0.1) is 11.3 Å². The van der Waals surface area contributed by atoms with Crippen LogP contribution in [0.4, 0.5) is 18.9 Å². The van der Waals surface area contributed by atoms with Crippen LogP contribution in [0.5, 0.6) is 0 Å². The summed E-state index contributed by atoms with van der Waals surface area (Å²) < 4.78 is 39.2. The predicted octanol–water partition coefficient (Wildman–Crippen LogP) is 5.59. The topological polar surface area (TPSA) is 12.0 Å². The molecule has 0 bridgehead atoms. The molecule has 0 amide bonds. The number of nitrogens with one attached hydrogen (secondary N) is 1. The summed E-state index contributed by atoms with van der Waals surface area (Å²) in [5.41, 5.74) is -0.587. The van der Waals surface area contributed by atoms with E-state index in [1.807, 2.05) is 0 Å². The Morgan fingerprint density at radius 3 is 2.42 bits per heavy atom. The first-order chi connectivity index (χ1) is 8.88. The Hall–Kier alpha value is -1.20. The van der Waals surface area contributed by atoms with Crippen molar-refractivity contribution in [2.24, 2.45) is 0 Å². The lowest BCUT2D eigenvalue weighted by Gasteiger charge is -2.18. The third-order valence-corrected chi connectivity index (χ3v) is 4.04. The van der Waals surface area contributed by atoms with Gasteiger partial charge in [-0.05, 0) is 31.2 Å². The zero-order valence-corrected chi connectivity index (χ0v) is 11.5. The highest BCUT2D eigenvalue weighted by molar-refractivity contribution is 7.16. The Morgan fingerprint density at radius 1 is 1.16 bits per heavy atom. The Bertz CT molecular complexity index is 565. The summed E-state index contributed by atoms with van der Waals surface area (Å²) >= 11 is 7.17. The summed E-state index contributed by atoms with van der Waals surface area (Å²) in [6, 6.07) is 8.74. The van der Waals surface area contributed by atoms with Crippen LogP contribution in [0.15, 0.2) is 36.4 Å². The number of anilines is 1. The zero-order chi connectivity index (χ0) is 14.0. The summed E-state index contributed by atoms with van der Waals surface area (Å²) in [6.45, 7) is 1.80. The van der Waals surface area contributed by atoms with Crippen LogP contribution >= 0.6 is 22.9 Å². The van der Waals surface area contributed by atoms with Crippen LogP contribution in [-0.2, 0) is 6.18 Å². The maximum Gasteiger partial charge on any atom is 0.418 e. The highest BCUT2D eigenvalue weighted by Crippen LogP contribution is 2.37. The Morgan fingerprint density at radius 2 is 1.84 bits per heavy atom. The van der Waals surface area contributed by atoms with Gasteiger partial charge in [0, 0.05) is 10.6 Å². The molecule has 1 unspecified atom stereocenters. The van der Waals surface area contributed by atoms with Gasteiger partial charge in [-0.25, -0.2) is 0 Å². The fraction of sp³-hybridized carbons (Fsp3) is 0.231. The minimum atomic E-state index is -4.36. The fourth-order valence-electron chi connectivity index (χ4n) is 1.72. The van der Waals surface area contributed by atoms with Gasteiger partial charge in [0.25, 0.3) is 0 Å². The number of alkyl halides is 3. The molecular weight excluding hydrogens is 295 g/mol. The molecule has 0 radical (unpaired) electrons. The van der Waals surface area contributed by atoms with Crippen LogP contribution in [0, 0.1) is 0 Å². The van der Waals surface area contributed by atoms with Gasteiger partial charge in [0.05, 0.1) is 15.9 Å². The molecular formula is C13H11ClF3NS. The van der Waals surface area contributed by atoms with Gasteiger partial charge in [0.15, 0.2) is 0 Å². The van der Waals surface area contributed by atoms with Gasteiger partial charge in [-0.3, -0.25) is 0 Å². The first-order valence-electron chi connectivity index (χ1n) is 5.56. The lowest BCUT2D eigenvalue weighted by atomic mass is 10.1. The molecule has 1 aromatic carbocycles. The maximum absolute atomic E-state index is 12.8. The van der Waals surface area contributed by atoms with E-state index >= 15 is 0 Å². The molecule has 6 heteroatoms. The van der Waals surface area contributed by atoms with Crippen LogP contribution in [0.25, 0.3) is 0 Å². The Labute approximate surface area is 118 Å². The summed E-state index contributed by atoms with van der Waals surface area (Å²) in [5, 5.41) is 2.88. The summed E-state index contributed by atoms with van der Waals surface area (Å²) in [5.74, 6) is 0. The molecule has 1 aromatic heterocycles. The SMILES string of the molecule is CC(Nc1ccccc1C(F)(F)F)c1ccc(Cl)s1. The van der Waals surface area contributed by atoms with Crippen molar-refractivity contribution in [3.8, 4) is 0 Å². The average molecular weight is 306 g/mol. The smallest absolute Gasteiger partial charge is 0.377 e. The second kappa shape index (κ2) is 5.43. The van der Waals surface area contributed by atoms with E-state index < -0.39 is 11.7 Å². The van der Waals surface area contributed by atoms with Gasteiger partial charge in [-0.2, -0.15) is 13.2 Å². The van der Waals surface area contributed by atoms with Crippen molar-refractivity contribution >= 4 is 28.6 Å². The standard InChI is InChI=1S/C13H11ClF3NS/c1-8(11-6-7-12(14)19-11)18-10-5-3-2-4-9(10)13(15,16)17/h2-8,18H,1H3. The monoisotopic (exact) mass is 305 g/mol. The molecule has 2 rings (SSSR count). The maximum atomic E-state index is 12.8. The highest BCUT2D eigenvalue weighted by atomic mass is 35.5. The van der Waals surface area contributed by atoms with E-state index in [0.29, 0.717) is 4.34 Å². The van der Waals surface area contributed by atoms with Crippen LogP contribution < -0.4 is 5.32 Å². The van der Waals surface area contributed by atoms with E-state index in [9.17, 15) is 13.2 Å². The summed E-state index contributed by atoms with van der Waals surface area (Å²) in [4.78, 5) is 0.891. The van der Waals surface area contributed by atoms with Crippen molar-refractivity contribution in [3.63, 3.8) is 0 Å². The number of hydrogen-bond acceptors (Lipinski definition) is 2. The molecule has 1 atom stereocenters. The van der Waals surface area contributed by atoms with Crippen molar-refractivity contribution in [3.05, 3.63) is 51.2 Å². The van der Waals surface area contributed by atoms with Crippen LogP contribution in [0.3, 0.4) is 0 Å². The second-order valence-electron chi connectivity index (χ2n) is 4.05. The van der Waals surface area contributed by atoms with Gasteiger partial charge >= 0.3 is 6.18 Å². The first kappa shape index (κ1) is 14.2. The van der Waals surface area contributed by atoms with E-state index in [2.05, 4.69) is 5.32 Å². The second-order valence-corrected chi connectivity index (χ2v) is 5.80. The molecule has 0 aliphatic rings. The van der Waals surface area contributed by atoms with Crippen LogP contribution in [0.2, 0.25) is 4.34 Å². The van der Waals surface area contributed by atoms with Gasteiger partial charge in [0.1, 0.15) is 0 Å². The van der Waals surface area contributed by atoms with Gasteiger partial charge in [0.2, 0.25) is 0 Å². The minimum absolute atomic E-state index is 0.0759. The lowest BCUT2D eigenvalue weighted by molar-refractivity contribution is -0.137. The fourth-order valence-corrected chi connectivity index (χ4v) is 2.78. The zero-order valence-electron chi connectivity index (χ0n) is 9.96. The quantitative estimate of drug-likeness (QED) is 0.779. The molecule has 1 heterocycles. The molecule has 0 aliphatic heterocycles. The minimum Gasteiger partial charge on any atom is -0.377 e. The van der Waals surface area contributed by atoms with Crippen molar-refractivity contribution in [1.82, 2.24) is 0 Å². The number of thiophene rings is 1. The number of benzene rings is 1. The molecule has 0 saturated carbocycles. The molecule has 1 nitrogen and oxygen atoms in total. The number of rotatable bonds is 3. The number of halogens is 4. The third kappa shape index (κ3) is 3.42. The van der Waals surface area contributed by atoms with E-state index in [-0.39, 0.29) is 11.7 Å². The average Bonchev–Trinajstić information content (AvgIpc) is 2.75. The number of para-hydroxylation sites is 1. The first-order valence-corrected chi connectivity index (χ1v) is 6.75. The van der Waals surface area contributed by atoms with Crippen molar-refractivity contribution in [2.45, 2.75) is 19.1 Å². The van der Waals surface area contributed by atoms with Crippen molar-refractivity contribution in [1.29, 1.82) is 0 Å². The predicted molar refractivity (Wildman–Crippen MR) is 72.8 cm³/mol. The highest BCUT2D eigenvalue weighted by Gasteiger charge is 2.33. The number of hydrogen-bond donors (Lipinski definition) is 1. The third-order valence-electron chi connectivity index (χ3n) is 2.63. The molecule has 0 fully saturated rings. The molecule has 19 heavy (non-hydrogen) atoms. The van der Waals surface area contributed by atoms with Crippen LogP contribution in [0.1, 0.15) is 23.4 Å². The van der Waals surface area contributed by atoms with E-state index in [1.54, 1.807) is 25.1 Å². The van der Waals surface area contributed by atoms with Crippen molar-refractivity contribution < 1.29 is 13.2 Å². The lowest BCUT2D eigenvalue weighted by Crippen LogP contribution is -2.12. The summed E-state index contributed by atoms with van der Waals surface area (Å²) in [6.07, 6.45) is -4.36.